The molecule has 1 unspecified atom stereocenters. The van der Waals surface area contributed by atoms with E-state index >= 15 is 0 Å². The van der Waals surface area contributed by atoms with Gasteiger partial charge in [0.2, 0.25) is 11.8 Å². The summed E-state index contributed by atoms with van der Waals surface area (Å²) in [6, 6.07) is 8.23. The second-order valence-corrected chi connectivity index (χ2v) is 8.11. The molecular formula is C19H24N2O2S. The number of likely N-dealkylation sites (tertiary alicyclic amines) is 1. The second-order valence-electron chi connectivity index (χ2n) is 7.04. The van der Waals surface area contributed by atoms with Gasteiger partial charge in [-0.05, 0) is 43.2 Å². The number of carbonyl (C=O) groups is 2. The monoisotopic (exact) mass is 344 g/mol. The Labute approximate surface area is 147 Å². The topological polar surface area (TPSA) is 40.6 Å². The van der Waals surface area contributed by atoms with Gasteiger partial charge in [0.1, 0.15) is 6.04 Å². The van der Waals surface area contributed by atoms with Crippen LogP contribution < -0.4 is 0 Å². The summed E-state index contributed by atoms with van der Waals surface area (Å²) >= 11 is 1.80. The number of carbonyl (C=O) groups excluding carboxylic acids is 2. The number of thioether (sulfide) groups is 1. The Morgan fingerprint density at radius 3 is 2.67 bits per heavy atom. The Morgan fingerprint density at radius 2 is 1.88 bits per heavy atom. The lowest BCUT2D eigenvalue weighted by molar-refractivity contribution is -0.145. The van der Waals surface area contributed by atoms with E-state index in [9.17, 15) is 9.59 Å². The van der Waals surface area contributed by atoms with Crippen LogP contribution in [0, 0.1) is 5.92 Å². The molecule has 0 N–H and O–H groups in total. The normalized spacial score (nSPS) is 26.5. The van der Waals surface area contributed by atoms with Crippen LogP contribution in [0.15, 0.2) is 24.3 Å². The highest BCUT2D eigenvalue weighted by Crippen LogP contribution is 2.30. The van der Waals surface area contributed by atoms with Crippen LogP contribution in [0.3, 0.4) is 0 Å². The molecule has 2 atom stereocenters. The summed E-state index contributed by atoms with van der Waals surface area (Å²) in [5.41, 5.74) is 2.69. The second kappa shape index (κ2) is 6.79. The number of hydrogen-bond acceptors (Lipinski definition) is 3. The van der Waals surface area contributed by atoms with Crippen molar-refractivity contribution in [2.24, 2.45) is 5.92 Å². The van der Waals surface area contributed by atoms with E-state index in [1.165, 1.54) is 11.1 Å². The van der Waals surface area contributed by atoms with Crippen molar-refractivity contribution in [2.45, 2.75) is 38.1 Å². The van der Waals surface area contributed by atoms with Gasteiger partial charge in [0.05, 0.1) is 5.88 Å². The summed E-state index contributed by atoms with van der Waals surface area (Å²) in [6.07, 6.45) is 4.49. The highest BCUT2D eigenvalue weighted by Gasteiger charge is 2.40. The summed E-state index contributed by atoms with van der Waals surface area (Å²) in [4.78, 5) is 29.7. The van der Waals surface area contributed by atoms with Gasteiger partial charge in [-0.25, -0.2) is 0 Å². The average Bonchev–Trinajstić information content (AvgIpc) is 3.31. The number of hydrogen-bond donors (Lipinski definition) is 0. The molecule has 2 saturated heterocycles. The first-order valence-corrected chi connectivity index (χ1v) is 10.1. The number of amides is 2. The lowest BCUT2D eigenvalue weighted by Gasteiger charge is -2.32. The van der Waals surface area contributed by atoms with Gasteiger partial charge in [0.15, 0.2) is 0 Å². The first-order chi connectivity index (χ1) is 11.7. The zero-order valence-electron chi connectivity index (χ0n) is 13.9. The lowest BCUT2D eigenvalue weighted by Crippen LogP contribution is -2.49. The van der Waals surface area contributed by atoms with Crippen molar-refractivity contribution >= 4 is 23.6 Å². The Hall–Kier alpha value is -1.49. The minimum Gasteiger partial charge on any atom is -0.331 e. The average molecular weight is 344 g/mol. The van der Waals surface area contributed by atoms with Gasteiger partial charge < -0.3 is 9.80 Å². The number of fused-ring (bicyclic) bond motifs is 1. The minimum absolute atomic E-state index is 0.0428. The van der Waals surface area contributed by atoms with E-state index in [0.717, 1.165) is 56.8 Å². The van der Waals surface area contributed by atoms with Gasteiger partial charge in [-0.15, -0.1) is 11.8 Å². The SMILES string of the molecule is O=C([C@@H]1CCCN1C(=O)C1CCc2ccccc2C1)N1CCSC1. The van der Waals surface area contributed by atoms with Gasteiger partial charge in [0, 0.05) is 24.8 Å². The summed E-state index contributed by atoms with van der Waals surface area (Å²) in [7, 11) is 0. The fraction of sp³-hybridized carbons (Fsp3) is 0.579. The highest BCUT2D eigenvalue weighted by molar-refractivity contribution is 7.99. The smallest absolute Gasteiger partial charge is 0.246 e. The molecule has 0 spiro atoms. The Bertz CT molecular complexity index is 642. The highest BCUT2D eigenvalue weighted by atomic mass is 32.2. The van der Waals surface area contributed by atoms with Crippen molar-refractivity contribution in [3.63, 3.8) is 0 Å². The molecule has 1 aliphatic carbocycles. The maximum Gasteiger partial charge on any atom is 0.246 e. The molecule has 0 aromatic heterocycles. The lowest BCUT2D eigenvalue weighted by atomic mass is 9.83. The van der Waals surface area contributed by atoms with E-state index in [2.05, 4.69) is 24.3 Å². The molecule has 128 valence electrons. The van der Waals surface area contributed by atoms with Crippen molar-refractivity contribution in [3.8, 4) is 0 Å². The third kappa shape index (κ3) is 2.94. The zero-order chi connectivity index (χ0) is 16.5. The van der Waals surface area contributed by atoms with Crippen molar-refractivity contribution < 1.29 is 9.59 Å². The fourth-order valence-corrected chi connectivity index (χ4v) is 5.18. The molecule has 3 aliphatic rings. The summed E-state index contributed by atoms with van der Waals surface area (Å²) < 4.78 is 0. The Balaban J connectivity index is 1.46. The molecule has 2 fully saturated rings. The van der Waals surface area contributed by atoms with Gasteiger partial charge in [-0.1, -0.05) is 24.3 Å². The first-order valence-electron chi connectivity index (χ1n) is 8.98. The number of benzene rings is 1. The molecule has 0 saturated carbocycles. The summed E-state index contributed by atoms with van der Waals surface area (Å²) in [5, 5.41) is 0. The van der Waals surface area contributed by atoms with Crippen LogP contribution in [-0.2, 0) is 22.4 Å². The molecule has 2 amide bonds. The predicted octanol–water partition coefficient (Wildman–Crippen LogP) is 2.32. The third-order valence-electron chi connectivity index (χ3n) is 5.58. The van der Waals surface area contributed by atoms with E-state index in [1.54, 1.807) is 11.8 Å². The van der Waals surface area contributed by atoms with Crippen LogP contribution >= 0.6 is 11.8 Å². The molecule has 24 heavy (non-hydrogen) atoms. The van der Waals surface area contributed by atoms with Crippen LogP contribution in [0.2, 0.25) is 0 Å². The standard InChI is InChI=1S/C19H24N2O2S/c22-18(16-8-7-14-4-1-2-5-15(14)12-16)21-9-3-6-17(21)19(23)20-10-11-24-13-20/h1-2,4-5,16-17H,3,6-13H2/t16?,17-/m0/s1. The van der Waals surface area contributed by atoms with Crippen LogP contribution in [-0.4, -0.2) is 52.4 Å². The third-order valence-corrected chi connectivity index (χ3v) is 6.55. The van der Waals surface area contributed by atoms with E-state index < -0.39 is 0 Å². The molecule has 0 radical (unpaired) electrons. The fourth-order valence-electron chi connectivity index (χ4n) is 4.23. The maximum absolute atomic E-state index is 13.1. The summed E-state index contributed by atoms with van der Waals surface area (Å²) in [6.45, 7) is 1.58. The molecule has 4 nitrogen and oxygen atoms in total. The van der Waals surface area contributed by atoms with Gasteiger partial charge >= 0.3 is 0 Å². The molecule has 4 rings (SSSR count). The van der Waals surface area contributed by atoms with Crippen molar-refractivity contribution in [3.05, 3.63) is 35.4 Å². The first kappa shape index (κ1) is 16.0. The minimum atomic E-state index is -0.214. The number of rotatable bonds is 2. The van der Waals surface area contributed by atoms with E-state index in [0.29, 0.717) is 0 Å². The number of aryl methyl sites for hydroxylation is 1. The van der Waals surface area contributed by atoms with Crippen LogP contribution in [0.5, 0.6) is 0 Å². The molecule has 2 aliphatic heterocycles. The molecule has 1 aromatic rings. The maximum atomic E-state index is 13.1. The number of nitrogens with zero attached hydrogens (tertiary/aromatic N) is 2. The van der Waals surface area contributed by atoms with Crippen LogP contribution in [0.25, 0.3) is 0 Å². The van der Waals surface area contributed by atoms with Gasteiger partial charge in [-0.2, -0.15) is 0 Å². The largest absolute Gasteiger partial charge is 0.331 e. The molecule has 0 bridgehead atoms. The molecule has 1 aromatic carbocycles. The zero-order valence-corrected chi connectivity index (χ0v) is 14.8. The predicted molar refractivity (Wildman–Crippen MR) is 95.7 cm³/mol. The Kier molecular flexibility index (Phi) is 4.53. The molecule has 5 heteroatoms. The molecular weight excluding hydrogens is 320 g/mol. The Morgan fingerprint density at radius 1 is 1.04 bits per heavy atom. The van der Waals surface area contributed by atoms with E-state index in [1.807, 2.05) is 9.80 Å². The van der Waals surface area contributed by atoms with Gasteiger partial charge in [-0.3, -0.25) is 9.59 Å². The van der Waals surface area contributed by atoms with Crippen LogP contribution in [0.4, 0.5) is 0 Å². The summed E-state index contributed by atoms with van der Waals surface area (Å²) in [5.74, 6) is 2.22. The van der Waals surface area contributed by atoms with E-state index in [-0.39, 0.29) is 23.8 Å². The van der Waals surface area contributed by atoms with Crippen molar-refractivity contribution in [1.29, 1.82) is 0 Å². The molecule has 2 heterocycles. The van der Waals surface area contributed by atoms with Crippen molar-refractivity contribution in [1.82, 2.24) is 9.80 Å². The van der Waals surface area contributed by atoms with Gasteiger partial charge in [0.25, 0.3) is 0 Å². The van der Waals surface area contributed by atoms with E-state index in [4.69, 9.17) is 0 Å². The van der Waals surface area contributed by atoms with Crippen molar-refractivity contribution in [2.75, 3.05) is 24.7 Å². The quantitative estimate of drug-likeness (QED) is 0.827. The van der Waals surface area contributed by atoms with Crippen LogP contribution in [0.1, 0.15) is 30.4 Å².